The van der Waals surface area contributed by atoms with Gasteiger partial charge in [0.2, 0.25) is 0 Å². The van der Waals surface area contributed by atoms with Gasteiger partial charge in [-0.05, 0) is 12.1 Å². The third kappa shape index (κ3) is 2.56. The second-order valence-corrected chi connectivity index (χ2v) is 2.82. The van der Waals surface area contributed by atoms with E-state index in [1.54, 1.807) is 24.3 Å². The van der Waals surface area contributed by atoms with Crippen LogP contribution in [0.25, 0.3) is 0 Å². The first kappa shape index (κ1) is 9.74. The molecule has 67 valence electrons. The lowest BCUT2D eigenvalue weighted by Gasteiger charge is -2.02. The van der Waals surface area contributed by atoms with Crippen molar-refractivity contribution in [3.05, 3.63) is 42.5 Å². The molecule has 13 heavy (non-hydrogen) atoms. The number of esters is 1. The van der Waals surface area contributed by atoms with Gasteiger partial charge >= 0.3 is 5.97 Å². The molecule has 0 aliphatic rings. The summed E-state index contributed by atoms with van der Waals surface area (Å²) in [5.74, 6) is -0.398. The second kappa shape index (κ2) is 4.62. The van der Waals surface area contributed by atoms with Crippen molar-refractivity contribution in [1.82, 2.24) is 0 Å². The molecule has 1 rings (SSSR count). The fourth-order valence-corrected chi connectivity index (χ4v) is 1.08. The van der Waals surface area contributed by atoms with Crippen molar-refractivity contribution >= 4 is 18.6 Å². The van der Waals surface area contributed by atoms with Gasteiger partial charge in [0, 0.05) is 0 Å². The fourth-order valence-electron chi connectivity index (χ4n) is 0.848. The number of carbonyl (C=O) groups excluding carboxylic acids is 1. The quantitative estimate of drug-likeness (QED) is 0.544. The molecule has 2 nitrogen and oxygen atoms in total. The van der Waals surface area contributed by atoms with Crippen molar-refractivity contribution < 1.29 is 9.53 Å². The number of ether oxygens (including phenoxy) is 1. The summed E-state index contributed by atoms with van der Waals surface area (Å²) in [6.07, 6.45) is 1.52. The first-order valence-electron chi connectivity index (χ1n) is 3.79. The van der Waals surface area contributed by atoms with Crippen LogP contribution in [0.2, 0.25) is 0 Å². The van der Waals surface area contributed by atoms with E-state index in [1.807, 2.05) is 0 Å². The molecule has 1 aromatic rings. The molecule has 0 unspecified atom stereocenters. The molecular weight excluding hydrogens is 184 g/mol. The number of carbonyl (C=O) groups is 1. The van der Waals surface area contributed by atoms with Crippen LogP contribution >= 0.6 is 12.6 Å². The number of hydrogen-bond acceptors (Lipinski definition) is 2. The van der Waals surface area contributed by atoms with Gasteiger partial charge in [0.25, 0.3) is 0 Å². The van der Waals surface area contributed by atoms with Gasteiger partial charge in [-0.1, -0.05) is 37.4 Å². The van der Waals surface area contributed by atoms with E-state index in [-0.39, 0.29) is 6.61 Å². The highest BCUT2D eigenvalue weighted by molar-refractivity contribution is 7.80. The van der Waals surface area contributed by atoms with Crippen molar-refractivity contribution in [2.45, 2.75) is 4.90 Å². The van der Waals surface area contributed by atoms with Crippen molar-refractivity contribution in [2.24, 2.45) is 0 Å². The van der Waals surface area contributed by atoms with Gasteiger partial charge in [0.05, 0.1) is 10.5 Å². The number of rotatable bonds is 3. The van der Waals surface area contributed by atoms with E-state index in [9.17, 15) is 4.79 Å². The smallest absolute Gasteiger partial charge is 0.339 e. The monoisotopic (exact) mass is 193 g/mol. The van der Waals surface area contributed by atoms with Crippen LogP contribution in [-0.4, -0.2) is 12.6 Å². The van der Waals surface area contributed by atoms with Crippen LogP contribution < -0.4 is 0 Å². The van der Waals surface area contributed by atoms with Crippen LogP contribution in [0.15, 0.2) is 41.8 Å². The fraction of sp³-hybridized carbons (Fsp3) is 0.100. The van der Waals surface area contributed by atoms with Gasteiger partial charge < -0.3 is 4.74 Å². The van der Waals surface area contributed by atoms with E-state index >= 15 is 0 Å². The van der Waals surface area contributed by atoms with Crippen molar-refractivity contribution in [1.29, 1.82) is 0 Å². The molecule has 0 spiro atoms. The van der Waals surface area contributed by atoms with Crippen molar-refractivity contribution in [3.63, 3.8) is 0 Å². The van der Waals surface area contributed by atoms with E-state index in [0.29, 0.717) is 10.5 Å². The highest BCUT2D eigenvalue weighted by atomic mass is 32.1. The largest absolute Gasteiger partial charge is 0.458 e. The lowest BCUT2D eigenvalue weighted by molar-refractivity contribution is 0.0546. The third-order valence-electron chi connectivity index (χ3n) is 1.44. The second-order valence-electron chi connectivity index (χ2n) is 2.38. The summed E-state index contributed by atoms with van der Waals surface area (Å²) < 4.78 is 4.83. The minimum absolute atomic E-state index is 0.211. The molecule has 0 aromatic heterocycles. The standard InChI is InChI=1S/C10H9O2S/c1-2-7-12-10(11)8-5-3-4-6-9(8)13/h2-6H,1,7H2. The average Bonchev–Trinajstić information content (AvgIpc) is 2.15. The van der Waals surface area contributed by atoms with E-state index in [0.717, 1.165) is 0 Å². The Hall–Kier alpha value is -1.35. The predicted molar refractivity (Wildman–Crippen MR) is 52.8 cm³/mol. The van der Waals surface area contributed by atoms with Crippen molar-refractivity contribution in [2.75, 3.05) is 6.61 Å². The summed E-state index contributed by atoms with van der Waals surface area (Å²) in [5, 5.41) is 0. The molecule has 0 N–H and O–H groups in total. The molecule has 0 saturated carbocycles. The summed E-state index contributed by atoms with van der Waals surface area (Å²) in [6, 6.07) is 6.88. The Balaban J connectivity index is 2.76. The highest BCUT2D eigenvalue weighted by Crippen LogP contribution is 2.13. The Morgan fingerprint density at radius 3 is 2.85 bits per heavy atom. The van der Waals surface area contributed by atoms with Crippen molar-refractivity contribution in [3.8, 4) is 0 Å². The Labute approximate surface area is 82.6 Å². The summed E-state index contributed by atoms with van der Waals surface area (Å²) in [4.78, 5) is 11.8. The predicted octanol–water partition coefficient (Wildman–Crippen LogP) is 2.59. The van der Waals surface area contributed by atoms with E-state index in [1.165, 1.54) is 6.08 Å². The lowest BCUT2D eigenvalue weighted by Crippen LogP contribution is -2.05. The molecule has 0 aliphatic heterocycles. The van der Waals surface area contributed by atoms with Crippen LogP contribution in [0.4, 0.5) is 0 Å². The van der Waals surface area contributed by atoms with E-state index in [2.05, 4.69) is 6.58 Å². The van der Waals surface area contributed by atoms with Crippen LogP contribution in [0.3, 0.4) is 0 Å². The first-order chi connectivity index (χ1) is 6.25. The molecule has 0 fully saturated rings. The van der Waals surface area contributed by atoms with Gasteiger partial charge in [-0.25, -0.2) is 4.79 Å². The van der Waals surface area contributed by atoms with Crippen LogP contribution in [0.5, 0.6) is 0 Å². The third-order valence-corrected chi connectivity index (χ3v) is 1.80. The van der Waals surface area contributed by atoms with E-state index < -0.39 is 5.97 Å². The molecule has 1 radical (unpaired) electrons. The first-order valence-corrected chi connectivity index (χ1v) is 4.20. The molecular formula is C10H9O2S. The maximum Gasteiger partial charge on any atom is 0.339 e. The Morgan fingerprint density at radius 2 is 2.23 bits per heavy atom. The summed E-state index contributed by atoms with van der Waals surface area (Å²) in [7, 11) is 0. The maximum atomic E-state index is 11.3. The lowest BCUT2D eigenvalue weighted by atomic mass is 10.2. The minimum atomic E-state index is -0.398. The average molecular weight is 193 g/mol. The Kier molecular flexibility index (Phi) is 3.46. The minimum Gasteiger partial charge on any atom is -0.458 e. The van der Waals surface area contributed by atoms with E-state index in [4.69, 9.17) is 17.4 Å². The Bertz CT molecular complexity index is 320. The molecule has 0 bridgehead atoms. The van der Waals surface area contributed by atoms with Gasteiger partial charge in [-0.2, -0.15) is 0 Å². The number of hydrogen-bond donors (Lipinski definition) is 0. The van der Waals surface area contributed by atoms with Gasteiger partial charge in [-0.15, -0.1) is 0 Å². The molecule has 0 heterocycles. The van der Waals surface area contributed by atoms with Gasteiger partial charge in [-0.3, -0.25) is 0 Å². The highest BCUT2D eigenvalue weighted by Gasteiger charge is 2.09. The topological polar surface area (TPSA) is 26.3 Å². The summed E-state index contributed by atoms with van der Waals surface area (Å²) in [5.41, 5.74) is 0.430. The molecule has 3 heteroatoms. The molecule has 0 aliphatic carbocycles. The van der Waals surface area contributed by atoms with Gasteiger partial charge in [0.15, 0.2) is 0 Å². The van der Waals surface area contributed by atoms with Crippen LogP contribution in [-0.2, 0) is 4.74 Å². The zero-order valence-electron chi connectivity index (χ0n) is 7.03. The SMILES string of the molecule is C=CCOC(=O)c1ccccc1[S]. The number of benzene rings is 1. The molecule has 0 amide bonds. The normalized spacial score (nSPS) is 9.23. The molecule has 1 aromatic carbocycles. The zero-order chi connectivity index (χ0) is 9.68. The molecule has 0 atom stereocenters. The summed E-state index contributed by atoms with van der Waals surface area (Å²) in [6.45, 7) is 3.66. The maximum absolute atomic E-state index is 11.3. The Morgan fingerprint density at radius 1 is 1.54 bits per heavy atom. The molecule has 0 saturated heterocycles. The summed E-state index contributed by atoms with van der Waals surface area (Å²) >= 11 is 4.95. The van der Waals surface area contributed by atoms with Crippen LogP contribution in [0.1, 0.15) is 10.4 Å². The van der Waals surface area contributed by atoms with Gasteiger partial charge in [0.1, 0.15) is 6.61 Å². The zero-order valence-corrected chi connectivity index (χ0v) is 7.84. The van der Waals surface area contributed by atoms with Crippen LogP contribution in [0, 0.1) is 0 Å².